The maximum Gasteiger partial charge on any atom is 2.00 e. The first-order valence-corrected chi connectivity index (χ1v) is 7.28. The van der Waals surface area contributed by atoms with Gasteiger partial charge in [-0.15, -0.1) is 42.0 Å². The van der Waals surface area contributed by atoms with Crippen molar-refractivity contribution in [3.63, 3.8) is 0 Å². The molecular formula is C20H15N3Pt. The van der Waals surface area contributed by atoms with E-state index in [9.17, 15) is 0 Å². The van der Waals surface area contributed by atoms with Gasteiger partial charge < -0.3 is 4.98 Å². The van der Waals surface area contributed by atoms with E-state index in [1.54, 1.807) is 17.1 Å². The second kappa shape index (κ2) is 9.59. The summed E-state index contributed by atoms with van der Waals surface area (Å²) in [7, 11) is 0. The zero-order valence-electron chi connectivity index (χ0n) is 12.8. The standard InChI is InChI=1S/C11H8N.C9H7N2.Pt/c1-2-6-10(7-3-1)11-8-4-5-9-12-11;1-2-5-9(6-3-1)11-8-4-7-10-11;/h1-6,8-9H;1-5,7-8H;/q2*-1;+2. The molecule has 0 atom stereocenters. The van der Waals surface area contributed by atoms with Crippen LogP contribution in [0.15, 0.2) is 91.4 Å². The molecule has 4 heteroatoms. The number of rotatable bonds is 2. The SMILES string of the molecule is [Pt+2].[c-]1ccccc1-c1ccccn1.[c-]1ccccc1-n1cccn1. The Morgan fingerprint density at radius 1 is 0.750 bits per heavy atom. The Kier molecular flexibility index (Phi) is 7.13. The van der Waals surface area contributed by atoms with Crippen molar-refractivity contribution in [1.82, 2.24) is 14.8 Å². The van der Waals surface area contributed by atoms with Gasteiger partial charge in [-0.3, -0.25) is 4.68 Å². The van der Waals surface area contributed by atoms with Gasteiger partial charge in [-0.25, -0.2) is 0 Å². The quantitative estimate of drug-likeness (QED) is 0.393. The molecule has 2 aromatic heterocycles. The summed E-state index contributed by atoms with van der Waals surface area (Å²) in [5.74, 6) is 0. The molecule has 0 saturated carbocycles. The minimum Gasteiger partial charge on any atom is -0.305 e. The summed E-state index contributed by atoms with van der Waals surface area (Å²) in [5.41, 5.74) is 2.98. The average molecular weight is 492 g/mol. The number of hydrogen-bond donors (Lipinski definition) is 0. The van der Waals surface area contributed by atoms with Crippen LogP contribution < -0.4 is 0 Å². The Morgan fingerprint density at radius 2 is 1.54 bits per heavy atom. The fraction of sp³-hybridized carbons (Fsp3) is 0. The average Bonchev–Trinajstić information content (AvgIpc) is 3.19. The van der Waals surface area contributed by atoms with Gasteiger partial charge in [0.1, 0.15) is 0 Å². The van der Waals surface area contributed by atoms with E-state index in [0.29, 0.717) is 0 Å². The monoisotopic (exact) mass is 492 g/mol. The summed E-state index contributed by atoms with van der Waals surface area (Å²) in [4.78, 5) is 4.22. The molecule has 120 valence electrons. The second-order valence-electron chi connectivity index (χ2n) is 4.69. The Balaban J connectivity index is 0.000000167. The van der Waals surface area contributed by atoms with Crippen molar-refractivity contribution in [3.05, 3.63) is 104 Å². The molecule has 0 aliphatic rings. The Morgan fingerprint density at radius 3 is 2.12 bits per heavy atom. The van der Waals surface area contributed by atoms with Crippen LogP contribution in [0.2, 0.25) is 0 Å². The van der Waals surface area contributed by atoms with E-state index in [-0.39, 0.29) is 21.1 Å². The van der Waals surface area contributed by atoms with Gasteiger partial charge in [0.25, 0.3) is 0 Å². The maximum atomic E-state index is 4.22. The fourth-order valence-corrected chi connectivity index (χ4v) is 2.01. The van der Waals surface area contributed by atoms with Gasteiger partial charge in [-0.05, 0) is 23.5 Å². The molecule has 0 saturated heterocycles. The molecule has 3 nitrogen and oxygen atoms in total. The smallest absolute Gasteiger partial charge is 0.305 e. The van der Waals surface area contributed by atoms with E-state index < -0.39 is 0 Å². The Labute approximate surface area is 156 Å². The van der Waals surface area contributed by atoms with E-state index in [0.717, 1.165) is 16.9 Å². The molecule has 0 bridgehead atoms. The fourth-order valence-electron chi connectivity index (χ4n) is 2.01. The zero-order valence-corrected chi connectivity index (χ0v) is 15.1. The van der Waals surface area contributed by atoms with Gasteiger partial charge in [0, 0.05) is 18.6 Å². The molecule has 0 aliphatic carbocycles. The largest absolute Gasteiger partial charge is 2.00 e. The van der Waals surface area contributed by atoms with Crippen LogP contribution in [0, 0.1) is 12.1 Å². The molecule has 24 heavy (non-hydrogen) atoms. The number of para-hydroxylation sites is 1. The molecule has 0 radical (unpaired) electrons. The van der Waals surface area contributed by atoms with Gasteiger partial charge in [0.15, 0.2) is 0 Å². The topological polar surface area (TPSA) is 30.7 Å². The second-order valence-corrected chi connectivity index (χ2v) is 4.69. The van der Waals surface area contributed by atoms with Crippen molar-refractivity contribution in [2.45, 2.75) is 0 Å². The molecule has 4 rings (SSSR count). The molecule has 4 aromatic rings. The van der Waals surface area contributed by atoms with Crippen LogP contribution in [0.5, 0.6) is 0 Å². The van der Waals surface area contributed by atoms with Gasteiger partial charge in [-0.1, -0.05) is 12.1 Å². The minimum absolute atomic E-state index is 0. The molecule has 0 aliphatic heterocycles. The van der Waals surface area contributed by atoms with Crippen LogP contribution in [-0.4, -0.2) is 14.8 Å². The normalized spacial score (nSPS) is 9.33. The Hall–Kier alpha value is -2.51. The summed E-state index contributed by atoms with van der Waals surface area (Å²) in [6.45, 7) is 0. The first kappa shape index (κ1) is 17.8. The summed E-state index contributed by atoms with van der Waals surface area (Å²) in [6.07, 6.45) is 5.43. The number of pyridine rings is 1. The summed E-state index contributed by atoms with van der Waals surface area (Å²) in [5, 5.41) is 4.07. The van der Waals surface area contributed by atoms with E-state index in [4.69, 9.17) is 0 Å². The molecule has 0 unspecified atom stereocenters. The van der Waals surface area contributed by atoms with E-state index in [1.165, 1.54) is 0 Å². The van der Waals surface area contributed by atoms with Crippen molar-refractivity contribution in [3.8, 4) is 16.9 Å². The van der Waals surface area contributed by atoms with Crippen LogP contribution >= 0.6 is 0 Å². The van der Waals surface area contributed by atoms with Crippen LogP contribution in [0.1, 0.15) is 0 Å². The van der Waals surface area contributed by atoms with E-state index >= 15 is 0 Å². The molecule has 0 N–H and O–H groups in total. The van der Waals surface area contributed by atoms with E-state index in [1.807, 2.05) is 79.0 Å². The van der Waals surface area contributed by atoms with Crippen LogP contribution in [0.25, 0.3) is 16.9 Å². The molecule has 2 heterocycles. The molecule has 0 spiro atoms. The van der Waals surface area contributed by atoms with Crippen molar-refractivity contribution >= 4 is 0 Å². The van der Waals surface area contributed by atoms with Gasteiger partial charge >= 0.3 is 21.1 Å². The Bertz CT molecular complexity index is 764. The molecule has 0 amide bonds. The molecular weight excluding hydrogens is 477 g/mol. The van der Waals surface area contributed by atoms with Gasteiger partial charge in [-0.2, -0.15) is 29.4 Å². The summed E-state index contributed by atoms with van der Waals surface area (Å²) in [6, 6.07) is 29.5. The van der Waals surface area contributed by atoms with Crippen LogP contribution in [-0.2, 0) is 21.1 Å². The number of aromatic nitrogens is 3. The van der Waals surface area contributed by atoms with Gasteiger partial charge in [0.2, 0.25) is 0 Å². The summed E-state index contributed by atoms with van der Waals surface area (Å²) >= 11 is 0. The van der Waals surface area contributed by atoms with Crippen molar-refractivity contribution in [2.24, 2.45) is 0 Å². The summed E-state index contributed by atoms with van der Waals surface area (Å²) < 4.78 is 1.78. The number of benzene rings is 2. The predicted octanol–water partition coefficient (Wildman–Crippen LogP) is 4.22. The molecule has 0 fully saturated rings. The van der Waals surface area contributed by atoms with Crippen LogP contribution in [0.3, 0.4) is 0 Å². The third-order valence-electron chi connectivity index (χ3n) is 3.09. The van der Waals surface area contributed by atoms with Crippen molar-refractivity contribution in [2.75, 3.05) is 0 Å². The van der Waals surface area contributed by atoms with Crippen molar-refractivity contribution < 1.29 is 21.1 Å². The van der Waals surface area contributed by atoms with Gasteiger partial charge in [0.05, 0.1) is 0 Å². The first-order valence-electron chi connectivity index (χ1n) is 7.28. The zero-order chi connectivity index (χ0) is 15.7. The third kappa shape index (κ3) is 5.00. The minimum atomic E-state index is 0. The maximum absolute atomic E-state index is 4.22. The third-order valence-corrected chi connectivity index (χ3v) is 3.09. The molecule has 2 aromatic carbocycles. The van der Waals surface area contributed by atoms with E-state index in [2.05, 4.69) is 22.2 Å². The van der Waals surface area contributed by atoms with Crippen molar-refractivity contribution in [1.29, 1.82) is 0 Å². The van der Waals surface area contributed by atoms with Crippen LogP contribution in [0.4, 0.5) is 0 Å². The number of nitrogens with zero attached hydrogens (tertiary/aromatic N) is 3. The number of hydrogen-bond acceptors (Lipinski definition) is 2. The first-order chi connectivity index (χ1) is 11.4. The predicted molar refractivity (Wildman–Crippen MR) is 90.9 cm³/mol.